The Morgan fingerprint density at radius 1 is 1.25 bits per heavy atom. The normalized spacial score (nSPS) is 30.1. The second-order valence-electron chi connectivity index (χ2n) is 6.77. The molecule has 0 bridgehead atoms. The SMILES string of the molecule is CN1CCC2CCN(Cc3cccc4c3NCC4)C2C1. The van der Waals surface area contributed by atoms with Gasteiger partial charge in [-0.3, -0.25) is 4.90 Å². The Hall–Kier alpha value is -1.06. The van der Waals surface area contributed by atoms with E-state index >= 15 is 0 Å². The second-order valence-corrected chi connectivity index (χ2v) is 6.77. The van der Waals surface area contributed by atoms with Crippen molar-refractivity contribution in [2.24, 2.45) is 5.92 Å². The molecule has 2 fully saturated rings. The monoisotopic (exact) mass is 271 g/mol. The van der Waals surface area contributed by atoms with Crippen LogP contribution in [0.25, 0.3) is 0 Å². The van der Waals surface area contributed by atoms with Gasteiger partial charge in [-0.05, 0) is 56.4 Å². The molecule has 2 atom stereocenters. The van der Waals surface area contributed by atoms with E-state index in [1.165, 1.54) is 55.7 Å². The number of anilines is 1. The van der Waals surface area contributed by atoms with E-state index in [0.717, 1.165) is 25.0 Å². The minimum atomic E-state index is 0.783. The maximum absolute atomic E-state index is 3.59. The number of nitrogens with zero attached hydrogens (tertiary/aromatic N) is 2. The van der Waals surface area contributed by atoms with Crippen molar-refractivity contribution in [2.75, 3.05) is 38.5 Å². The van der Waals surface area contributed by atoms with Gasteiger partial charge in [-0.15, -0.1) is 0 Å². The highest BCUT2D eigenvalue weighted by Crippen LogP contribution is 2.34. The molecule has 20 heavy (non-hydrogen) atoms. The molecule has 2 unspecified atom stereocenters. The zero-order valence-electron chi connectivity index (χ0n) is 12.4. The molecule has 3 aliphatic heterocycles. The molecular formula is C17H25N3. The zero-order chi connectivity index (χ0) is 13.5. The molecule has 3 heteroatoms. The Morgan fingerprint density at radius 3 is 3.10 bits per heavy atom. The van der Waals surface area contributed by atoms with Crippen LogP contribution >= 0.6 is 0 Å². The van der Waals surface area contributed by atoms with Gasteiger partial charge in [-0.2, -0.15) is 0 Å². The van der Waals surface area contributed by atoms with Crippen LogP contribution in [0.2, 0.25) is 0 Å². The van der Waals surface area contributed by atoms with Crippen molar-refractivity contribution in [3.63, 3.8) is 0 Å². The first-order valence-corrected chi connectivity index (χ1v) is 8.08. The molecular weight excluding hydrogens is 246 g/mol. The van der Waals surface area contributed by atoms with Crippen molar-refractivity contribution >= 4 is 5.69 Å². The van der Waals surface area contributed by atoms with Crippen LogP contribution in [0.5, 0.6) is 0 Å². The Balaban J connectivity index is 1.53. The van der Waals surface area contributed by atoms with Crippen LogP contribution in [-0.4, -0.2) is 49.1 Å². The van der Waals surface area contributed by atoms with Crippen LogP contribution in [0.1, 0.15) is 24.0 Å². The fourth-order valence-corrected chi connectivity index (χ4v) is 4.34. The summed E-state index contributed by atoms with van der Waals surface area (Å²) in [5.74, 6) is 0.941. The predicted molar refractivity (Wildman–Crippen MR) is 83.1 cm³/mol. The molecule has 1 N–H and O–H groups in total. The number of rotatable bonds is 2. The van der Waals surface area contributed by atoms with Gasteiger partial charge in [-0.25, -0.2) is 0 Å². The van der Waals surface area contributed by atoms with Crippen LogP contribution in [0.4, 0.5) is 5.69 Å². The van der Waals surface area contributed by atoms with Crippen molar-refractivity contribution in [3.05, 3.63) is 29.3 Å². The summed E-state index contributed by atoms with van der Waals surface area (Å²) in [6.07, 6.45) is 3.99. The van der Waals surface area contributed by atoms with Gasteiger partial charge in [0.25, 0.3) is 0 Å². The first-order valence-electron chi connectivity index (χ1n) is 8.08. The number of likely N-dealkylation sites (tertiary alicyclic amines) is 2. The summed E-state index contributed by atoms with van der Waals surface area (Å²) in [5, 5.41) is 3.59. The number of hydrogen-bond acceptors (Lipinski definition) is 3. The summed E-state index contributed by atoms with van der Waals surface area (Å²) in [6, 6.07) is 7.62. The summed E-state index contributed by atoms with van der Waals surface area (Å²) in [6.45, 7) is 6.07. The van der Waals surface area contributed by atoms with Gasteiger partial charge in [0, 0.05) is 31.4 Å². The Morgan fingerprint density at radius 2 is 2.15 bits per heavy atom. The van der Waals surface area contributed by atoms with Crippen LogP contribution in [-0.2, 0) is 13.0 Å². The molecule has 0 spiro atoms. The molecule has 2 saturated heterocycles. The molecule has 4 rings (SSSR count). The van der Waals surface area contributed by atoms with Gasteiger partial charge in [0.05, 0.1) is 0 Å². The number of benzene rings is 1. The van der Waals surface area contributed by atoms with Crippen LogP contribution in [0, 0.1) is 5.92 Å². The van der Waals surface area contributed by atoms with Crippen molar-refractivity contribution in [2.45, 2.75) is 31.8 Å². The lowest BCUT2D eigenvalue weighted by atomic mass is 9.92. The van der Waals surface area contributed by atoms with Crippen molar-refractivity contribution < 1.29 is 0 Å². The number of para-hydroxylation sites is 1. The van der Waals surface area contributed by atoms with E-state index in [-0.39, 0.29) is 0 Å². The van der Waals surface area contributed by atoms with E-state index in [1.54, 1.807) is 0 Å². The minimum Gasteiger partial charge on any atom is -0.384 e. The minimum absolute atomic E-state index is 0.783. The maximum atomic E-state index is 3.59. The number of hydrogen-bond donors (Lipinski definition) is 1. The van der Waals surface area contributed by atoms with Crippen LogP contribution < -0.4 is 5.32 Å². The molecule has 1 aromatic carbocycles. The van der Waals surface area contributed by atoms with Crippen molar-refractivity contribution in [3.8, 4) is 0 Å². The van der Waals surface area contributed by atoms with Crippen molar-refractivity contribution in [1.29, 1.82) is 0 Å². The van der Waals surface area contributed by atoms with Crippen LogP contribution in [0.3, 0.4) is 0 Å². The fraction of sp³-hybridized carbons (Fsp3) is 0.647. The third kappa shape index (κ3) is 2.13. The van der Waals surface area contributed by atoms with Gasteiger partial charge in [0.1, 0.15) is 0 Å². The zero-order valence-corrected chi connectivity index (χ0v) is 12.4. The largest absolute Gasteiger partial charge is 0.384 e. The van der Waals surface area contributed by atoms with Crippen LogP contribution in [0.15, 0.2) is 18.2 Å². The van der Waals surface area contributed by atoms with E-state index in [2.05, 4.69) is 40.4 Å². The highest BCUT2D eigenvalue weighted by Gasteiger charge is 2.37. The average molecular weight is 271 g/mol. The third-order valence-electron chi connectivity index (χ3n) is 5.49. The van der Waals surface area contributed by atoms with Gasteiger partial charge >= 0.3 is 0 Å². The number of fused-ring (bicyclic) bond motifs is 2. The summed E-state index contributed by atoms with van der Waals surface area (Å²) in [7, 11) is 2.27. The Kier molecular flexibility index (Phi) is 3.20. The lowest BCUT2D eigenvalue weighted by molar-refractivity contribution is 0.118. The van der Waals surface area contributed by atoms with E-state index < -0.39 is 0 Å². The molecule has 3 nitrogen and oxygen atoms in total. The quantitative estimate of drug-likeness (QED) is 0.889. The lowest BCUT2D eigenvalue weighted by Crippen LogP contribution is -2.46. The molecule has 0 aromatic heterocycles. The molecule has 1 aromatic rings. The average Bonchev–Trinajstić information content (AvgIpc) is 3.06. The molecule has 0 saturated carbocycles. The molecule has 3 aliphatic rings. The van der Waals surface area contributed by atoms with E-state index in [9.17, 15) is 0 Å². The molecule has 0 amide bonds. The van der Waals surface area contributed by atoms with E-state index in [0.29, 0.717) is 0 Å². The van der Waals surface area contributed by atoms with Gasteiger partial charge in [-0.1, -0.05) is 18.2 Å². The first kappa shape index (κ1) is 12.7. The smallest absolute Gasteiger partial charge is 0.0419 e. The molecule has 3 heterocycles. The number of piperidine rings is 1. The predicted octanol–water partition coefficient (Wildman–Crippen LogP) is 2.18. The Bertz CT molecular complexity index is 499. The van der Waals surface area contributed by atoms with Gasteiger partial charge in [0.2, 0.25) is 0 Å². The molecule has 108 valence electrons. The lowest BCUT2D eigenvalue weighted by Gasteiger charge is -2.37. The summed E-state index contributed by atoms with van der Waals surface area (Å²) in [5.41, 5.74) is 4.45. The highest BCUT2D eigenvalue weighted by molar-refractivity contribution is 5.61. The fourth-order valence-electron chi connectivity index (χ4n) is 4.34. The van der Waals surface area contributed by atoms with E-state index in [1.807, 2.05) is 0 Å². The summed E-state index contributed by atoms with van der Waals surface area (Å²) >= 11 is 0. The number of nitrogens with one attached hydrogen (secondary N) is 1. The van der Waals surface area contributed by atoms with Crippen molar-refractivity contribution in [1.82, 2.24) is 9.80 Å². The first-order chi connectivity index (χ1) is 9.81. The van der Waals surface area contributed by atoms with Gasteiger partial charge < -0.3 is 10.2 Å². The topological polar surface area (TPSA) is 18.5 Å². The summed E-state index contributed by atoms with van der Waals surface area (Å²) < 4.78 is 0. The van der Waals surface area contributed by atoms with Gasteiger partial charge in [0.15, 0.2) is 0 Å². The van der Waals surface area contributed by atoms with E-state index in [4.69, 9.17) is 0 Å². The Labute approximate surface area is 121 Å². The maximum Gasteiger partial charge on any atom is 0.0419 e. The summed E-state index contributed by atoms with van der Waals surface area (Å²) in [4.78, 5) is 5.24. The molecule has 0 aliphatic carbocycles. The third-order valence-corrected chi connectivity index (χ3v) is 5.49. The molecule has 0 radical (unpaired) electrons. The highest BCUT2D eigenvalue weighted by atomic mass is 15.2. The standard InChI is InChI=1S/C17H25N3/c1-19-9-6-13-7-10-20(16(13)12-19)11-15-4-2-3-14-5-8-18-17(14)15/h2-4,13,16,18H,5-12H2,1H3. The number of likely N-dealkylation sites (N-methyl/N-ethyl adjacent to an activating group) is 1. The second kappa shape index (κ2) is 5.05.